The van der Waals surface area contributed by atoms with Crippen molar-refractivity contribution in [3.05, 3.63) is 27.9 Å². The van der Waals surface area contributed by atoms with Crippen molar-refractivity contribution in [3.8, 4) is 0 Å². The first-order chi connectivity index (χ1) is 8.62. The Hall–Kier alpha value is -2.18. The molecule has 1 rings (SSSR count). The molecule has 0 radical (unpaired) electrons. The molecule has 0 aliphatic carbocycles. The molecule has 0 amide bonds. The highest BCUT2D eigenvalue weighted by Gasteiger charge is 2.24. The monoisotopic (exact) mass is 267 g/mol. The van der Waals surface area contributed by atoms with E-state index in [2.05, 4.69) is 10.3 Å². The number of rotatable bonds is 4. The maximum Gasteiger partial charge on any atom is 0.342 e. The van der Waals surface area contributed by atoms with Gasteiger partial charge < -0.3 is 10.4 Å². The number of anilines is 1. The molecule has 7 heteroatoms. The van der Waals surface area contributed by atoms with Crippen molar-refractivity contribution in [2.75, 3.05) is 5.32 Å². The number of aromatic nitrogens is 1. The maximum absolute atomic E-state index is 11.0. The van der Waals surface area contributed by atoms with Gasteiger partial charge in [-0.05, 0) is 12.3 Å². The molecule has 1 atom stereocenters. The summed E-state index contributed by atoms with van der Waals surface area (Å²) in [6.45, 7) is 8.00. The topological polar surface area (TPSA) is 105 Å². The van der Waals surface area contributed by atoms with Gasteiger partial charge in [0, 0.05) is 12.1 Å². The highest BCUT2D eigenvalue weighted by molar-refractivity contribution is 5.93. The third kappa shape index (κ3) is 3.64. The lowest BCUT2D eigenvalue weighted by Crippen LogP contribution is -2.31. The minimum absolute atomic E-state index is 0.0306. The van der Waals surface area contributed by atoms with Gasteiger partial charge in [0.2, 0.25) is 0 Å². The van der Waals surface area contributed by atoms with Crippen LogP contribution in [0.25, 0.3) is 0 Å². The van der Waals surface area contributed by atoms with Crippen LogP contribution in [0.15, 0.2) is 12.3 Å². The van der Waals surface area contributed by atoms with Gasteiger partial charge in [0.1, 0.15) is 17.6 Å². The third-order valence-electron chi connectivity index (χ3n) is 2.97. The highest BCUT2D eigenvalue weighted by Crippen LogP contribution is 2.24. The molecule has 0 fully saturated rings. The number of nitro groups is 1. The van der Waals surface area contributed by atoms with E-state index in [1.54, 1.807) is 0 Å². The number of carboxylic acid groups (broad SMARTS) is 1. The Morgan fingerprint density at radius 2 is 2.11 bits per heavy atom. The van der Waals surface area contributed by atoms with Gasteiger partial charge in [-0.2, -0.15) is 0 Å². The van der Waals surface area contributed by atoms with Gasteiger partial charge in [0.15, 0.2) is 0 Å². The maximum atomic E-state index is 11.0. The molecule has 1 aromatic rings. The van der Waals surface area contributed by atoms with Crippen LogP contribution in [-0.2, 0) is 0 Å². The lowest BCUT2D eigenvalue weighted by atomic mass is 9.88. The lowest BCUT2D eigenvalue weighted by molar-refractivity contribution is -0.385. The van der Waals surface area contributed by atoms with Crippen molar-refractivity contribution in [2.45, 2.75) is 33.7 Å². The van der Waals surface area contributed by atoms with Crippen LogP contribution < -0.4 is 5.32 Å². The van der Waals surface area contributed by atoms with E-state index in [4.69, 9.17) is 5.11 Å². The summed E-state index contributed by atoms with van der Waals surface area (Å²) in [5, 5.41) is 22.7. The summed E-state index contributed by atoms with van der Waals surface area (Å²) in [4.78, 5) is 24.8. The van der Waals surface area contributed by atoms with Crippen molar-refractivity contribution < 1.29 is 14.8 Å². The second-order valence-electron chi connectivity index (χ2n) is 5.38. The van der Waals surface area contributed by atoms with Crippen LogP contribution in [-0.4, -0.2) is 27.0 Å². The molecule has 1 unspecified atom stereocenters. The van der Waals surface area contributed by atoms with Crippen molar-refractivity contribution >= 4 is 17.5 Å². The molecule has 0 aromatic carbocycles. The van der Waals surface area contributed by atoms with Crippen LogP contribution in [0.1, 0.15) is 38.1 Å². The van der Waals surface area contributed by atoms with Gasteiger partial charge in [-0.25, -0.2) is 9.78 Å². The van der Waals surface area contributed by atoms with Gasteiger partial charge in [-0.3, -0.25) is 10.1 Å². The number of nitrogens with zero attached hydrogens (tertiary/aromatic N) is 2. The van der Waals surface area contributed by atoms with Gasteiger partial charge >= 0.3 is 11.7 Å². The predicted molar refractivity (Wildman–Crippen MR) is 70.4 cm³/mol. The van der Waals surface area contributed by atoms with Gasteiger partial charge in [-0.15, -0.1) is 0 Å². The summed E-state index contributed by atoms with van der Waals surface area (Å²) in [6.07, 6.45) is 0.959. The minimum atomic E-state index is -1.35. The van der Waals surface area contributed by atoms with E-state index in [9.17, 15) is 14.9 Å². The molecule has 0 saturated heterocycles. The molecule has 19 heavy (non-hydrogen) atoms. The zero-order valence-corrected chi connectivity index (χ0v) is 11.3. The predicted octanol–water partition coefficient (Wildman–Crippen LogP) is 2.53. The Kier molecular flexibility index (Phi) is 4.08. The number of nitrogens with one attached hydrogen (secondary N) is 1. The number of hydrogen-bond donors (Lipinski definition) is 2. The van der Waals surface area contributed by atoms with E-state index < -0.39 is 16.6 Å². The SMILES string of the molecule is CC(Nc1cc(C(=O)O)c([N+](=O)[O-])cn1)C(C)(C)C. The fraction of sp³-hybridized carbons (Fsp3) is 0.500. The average Bonchev–Trinajstić information content (AvgIpc) is 2.27. The average molecular weight is 267 g/mol. The number of carboxylic acids is 1. The Morgan fingerprint density at radius 3 is 2.53 bits per heavy atom. The van der Waals surface area contributed by atoms with E-state index >= 15 is 0 Å². The Labute approximate surface area is 110 Å². The van der Waals surface area contributed by atoms with Crippen molar-refractivity contribution in [1.29, 1.82) is 0 Å². The van der Waals surface area contributed by atoms with Gasteiger partial charge in [0.05, 0.1) is 4.92 Å². The molecule has 0 bridgehead atoms. The first-order valence-corrected chi connectivity index (χ1v) is 5.77. The zero-order valence-electron chi connectivity index (χ0n) is 11.3. The summed E-state index contributed by atoms with van der Waals surface area (Å²) >= 11 is 0. The van der Waals surface area contributed by atoms with Crippen LogP contribution in [0, 0.1) is 15.5 Å². The molecule has 0 aliphatic rings. The van der Waals surface area contributed by atoms with E-state index in [0.29, 0.717) is 5.82 Å². The smallest absolute Gasteiger partial charge is 0.342 e. The molecule has 104 valence electrons. The third-order valence-corrected chi connectivity index (χ3v) is 2.97. The second kappa shape index (κ2) is 5.21. The zero-order chi connectivity index (χ0) is 14.8. The van der Waals surface area contributed by atoms with Gasteiger partial charge in [-0.1, -0.05) is 20.8 Å². The van der Waals surface area contributed by atoms with E-state index in [-0.39, 0.29) is 17.0 Å². The highest BCUT2D eigenvalue weighted by atomic mass is 16.6. The molecule has 0 saturated carbocycles. The fourth-order valence-corrected chi connectivity index (χ4v) is 1.28. The molecule has 1 heterocycles. The first-order valence-electron chi connectivity index (χ1n) is 5.77. The van der Waals surface area contributed by atoms with Crippen LogP contribution in [0.2, 0.25) is 0 Å². The van der Waals surface area contributed by atoms with E-state index in [1.165, 1.54) is 6.07 Å². The summed E-state index contributed by atoms with van der Waals surface area (Å²) in [6, 6.07) is 1.21. The second-order valence-corrected chi connectivity index (χ2v) is 5.38. The largest absolute Gasteiger partial charge is 0.477 e. The van der Waals surface area contributed by atoms with E-state index in [1.807, 2.05) is 27.7 Å². The number of pyridine rings is 1. The molecule has 0 aliphatic heterocycles. The van der Waals surface area contributed by atoms with Crippen LogP contribution >= 0.6 is 0 Å². The van der Waals surface area contributed by atoms with Crippen LogP contribution in [0.3, 0.4) is 0 Å². The molecular weight excluding hydrogens is 250 g/mol. The first kappa shape index (κ1) is 14.9. The Morgan fingerprint density at radius 1 is 1.53 bits per heavy atom. The lowest BCUT2D eigenvalue weighted by Gasteiger charge is -2.28. The summed E-state index contributed by atoms with van der Waals surface area (Å²) in [7, 11) is 0. The van der Waals surface area contributed by atoms with Gasteiger partial charge in [0.25, 0.3) is 0 Å². The fourth-order valence-electron chi connectivity index (χ4n) is 1.28. The van der Waals surface area contributed by atoms with Crippen LogP contribution in [0.5, 0.6) is 0 Å². The Balaban J connectivity index is 3.10. The summed E-state index contributed by atoms with van der Waals surface area (Å²) < 4.78 is 0. The van der Waals surface area contributed by atoms with Crippen LogP contribution in [0.4, 0.5) is 11.5 Å². The minimum Gasteiger partial charge on any atom is -0.477 e. The summed E-state index contributed by atoms with van der Waals surface area (Å²) in [5.41, 5.74) is -0.933. The van der Waals surface area contributed by atoms with Crippen molar-refractivity contribution in [3.63, 3.8) is 0 Å². The number of carbonyl (C=O) groups is 1. The van der Waals surface area contributed by atoms with E-state index in [0.717, 1.165) is 6.20 Å². The van der Waals surface area contributed by atoms with Crippen molar-refractivity contribution in [2.24, 2.45) is 5.41 Å². The molecule has 7 nitrogen and oxygen atoms in total. The normalized spacial score (nSPS) is 12.8. The quantitative estimate of drug-likeness (QED) is 0.641. The molecule has 2 N–H and O–H groups in total. The standard InChI is InChI=1S/C12H17N3O4/c1-7(12(2,3)4)14-10-5-8(11(16)17)9(6-13-10)15(18)19/h5-7H,1-4H3,(H,13,14)(H,16,17). The number of aromatic carboxylic acids is 1. The molecular formula is C12H17N3O4. The Bertz CT molecular complexity index is 508. The summed E-state index contributed by atoms with van der Waals surface area (Å²) in [5.74, 6) is -1.04. The number of hydrogen-bond acceptors (Lipinski definition) is 5. The molecule has 0 spiro atoms. The van der Waals surface area contributed by atoms with Crippen molar-refractivity contribution in [1.82, 2.24) is 4.98 Å². The molecule has 1 aromatic heterocycles.